The topological polar surface area (TPSA) is 26.5 Å². The molecule has 102 valence electrons. The third-order valence-electron chi connectivity index (χ3n) is 3.34. The summed E-state index contributed by atoms with van der Waals surface area (Å²) in [5.74, 6) is 1.31. The number of halogens is 1. The zero-order valence-corrected chi connectivity index (χ0v) is 12.0. The fraction of sp³-hybridized carbons (Fsp3) is 0.188. The first kappa shape index (κ1) is 13.0. The van der Waals surface area contributed by atoms with Gasteiger partial charge in [-0.25, -0.2) is 4.98 Å². The van der Waals surface area contributed by atoms with Crippen molar-refractivity contribution >= 4 is 17.2 Å². The van der Waals surface area contributed by atoms with E-state index < -0.39 is 0 Å². The number of methoxy groups -OCH3 is 1. The lowest BCUT2D eigenvalue weighted by Gasteiger charge is -2.04. The van der Waals surface area contributed by atoms with Gasteiger partial charge in [-0.1, -0.05) is 18.2 Å². The summed E-state index contributed by atoms with van der Waals surface area (Å²) < 4.78 is 7.30. The Morgan fingerprint density at radius 1 is 1.20 bits per heavy atom. The molecule has 1 aromatic carbocycles. The molecule has 0 fully saturated rings. The predicted molar refractivity (Wildman–Crippen MR) is 80.5 cm³/mol. The molecule has 3 nitrogen and oxygen atoms in total. The number of ether oxygens (including phenoxy) is 1. The summed E-state index contributed by atoms with van der Waals surface area (Å²) in [5.41, 5.74) is 4.16. The van der Waals surface area contributed by atoms with Crippen molar-refractivity contribution in [1.82, 2.24) is 9.38 Å². The molecule has 3 rings (SSSR count). The Morgan fingerprint density at radius 3 is 2.90 bits per heavy atom. The summed E-state index contributed by atoms with van der Waals surface area (Å²) in [7, 11) is 1.67. The van der Waals surface area contributed by atoms with Crippen molar-refractivity contribution < 1.29 is 4.74 Å². The van der Waals surface area contributed by atoms with Gasteiger partial charge in [-0.2, -0.15) is 0 Å². The number of hydrogen-bond donors (Lipinski definition) is 0. The Morgan fingerprint density at radius 2 is 2.10 bits per heavy atom. The Balaban J connectivity index is 2.01. The van der Waals surface area contributed by atoms with Gasteiger partial charge in [0, 0.05) is 12.6 Å². The van der Waals surface area contributed by atoms with Crippen LogP contribution in [0.3, 0.4) is 0 Å². The van der Waals surface area contributed by atoms with Gasteiger partial charge in [0.2, 0.25) is 0 Å². The van der Waals surface area contributed by atoms with Gasteiger partial charge in [0.15, 0.2) is 0 Å². The van der Waals surface area contributed by atoms with E-state index >= 15 is 0 Å². The fourth-order valence-corrected chi connectivity index (χ4v) is 2.64. The molecule has 2 aromatic heterocycles. The van der Waals surface area contributed by atoms with E-state index in [4.69, 9.17) is 16.3 Å². The van der Waals surface area contributed by atoms with Crippen molar-refractivity contribution in [2.75, 3.05) is 7.11 Å². The van der Waals surface area contributed by atoms with Gasteiger partial charge in [-0.05, 0) is 29.8 Å². The molecule has 3 aromatic rings. The van der Waals surface area contributed by atoms with Crippen LogP contribution in [0.2, 0.25) is 0 Å². The minimum absolute atomic E-state index is 0.449. The zero-order chi connectivity index (χ0) is 13.9. The minimum atomic E-state index is 0.449. The van der Waals surface area contributed by atoms with Crippen LogP contribution in [0.5, 0.6) is 5.75 Å². The van der Waals surface area contributed by atoms with Crippen LogP contribution in [0.1, 0.15) is 17.0 Å². The van der Waals surface area contributed by atoms with E-state index in [1.807, 2.05) is 47.0 Å². The number of pyridine rings is 1. The normalized spacial score (nSPS) is 10.9. The molecule has 0 spiro atoms. The summed E-state index contributed by atoms with van der Waals surface area (Å²) in [4.78, 5) is 4.67. The highest BCUT2D eigenvalue weighted by atomic mass is 35.5. The van der Waals surface area contributed by atoms with Crippen LogP contribution < -0.4 is 4.74 Å². The maximum Gasteiger partial charge on any atom is 0.137 e. The molecule has 0 saturated carbocycles. The van der Waals surface area contributed by atoms with Crippen molar-refractivity contribution in [3.63, 3.8) is 0 Å². The number of fused-ring (bicyclic) bond motifs is 1. The first-order valence-electron chi connectivity index (χ1n) is 6.45. The number of alkyl halides is 1. The standard InChI is InChI=1S/C16H15ClN2O/c1-20-13-6-4-5-12(9-13)10-14-15(11-17)19-8-3-2-7-16(19)18-14/h2-9H,10-11H2,1H3. The van der Waals surface area contributed by atoms with E-state index in [-0.39, 0.29) is 0 Å². The molecule has 0 radical (unpaired) electrons. The molecule has 4 heteroatoms. The van der Waals surface area contributed by atoms with Crippen LogP contribution in [-0.4, -0.2) is 16.5 Å². The second kappa shape index (κ2) is 5.55. The fourth-order valence-electron chi connectivity index (χ4n) is 2.35. The molecule has 20 heavy (non-hydrogen) atoms. The van der Waals surface area contributed by atoms with Gasteiger partial charge in [-0.3, -0.25) is 0 Å². The Labute approximate surface area is 122 Å². The van der Waals surface area contributed by atoms with Gasteiger partial charge in [0.25, 0.3) is 0 Å². The molecule has 0 saturated heterocycles. The molecular formula is C16H15ClN2O. The molecule has 0 aliphatic carbocycles. The van der Waals surface area contributed by atoms with Gasteiger partial charge in [0.05, 0.1) is 24.4 Å². The molecule has 0 atom stereocenters. The number of benzene rings is 1. The van der Waals surface area contributed by atoms with Crippen molar-refractivity contribution in [2.45, 2.75) is 12.3 Å². The highest BCUT2D eigenvalue weighted by Gasteiger charge is 2.11. The van der Waals surface area contributed by atoms with Crippen LogP contribution in [0.15, 0.2) is 48.7 Å². The molecule has 0 bridgehead atoms. The highest BCUT2D eigenvalue weighted by Crippen LogP contribution is 2.20. The number of aromatic nitrogens is 2. The van der Waals surface area contributed by atoms with Gasteiger partial charge < -0.3 is 9.14 Å². The van der Waals surface area contributed by atoms with Gasteiger partial charge in [-0.15, -0.1) is 11.6 Å². The maximum absolute atomic E-state index is 6.09. The van der Waals surface area contributed by atoms with Crippen LogP contribution >= 0.6 is 11.6 Å². The van der Waals surface area contributed by atoms with Crippen LogP contribution in [0, 0.1) is 0 Å². The second-order valence-corrected chi connectivity index (χ2v) is 4.86. The summed E-state index contributed by atoms with van der Waals surface area (Å²) in [6.07, 6.45) is 2.75. The van der Waals surface area contributed by atoms with E-state index in [0.717, 1.165) is 29.2 Å². The second-order valence-electron chi connectivity index (χ2n) is 4.60. The summed E-state index contributed by atoms with van der Waals surface area (Å²) in [5, 5.41) is 0. The van der Waals surface area contributed by atoms with Crippen molar-refractivity contribution in [2.24, 2.45) is 0 Å². The summed E-state index contributed by atoms with van der Waals surface area (Å²) in [6, 6.07) is 14.0. The number of imidazole rings is 1. The molecule has 0 N–H and O–H groups in total. The molecule has 0 aliphatic rings. The largest absolute Gasteiger partial charge is 0.497 e. The monoisotopic (exact) mass is 286 g/mol. The average Bonchev–Trinajstić information content (AvgIpc) is 2.84. The highest BCUT2D eigenvalue weighted by molar-refractivity contribution is 6.17. The third kappa shape index (κ3) is 2.37. The van der Waals surface area contributed by atoms with E-state index in [2.05, 4.69) is 11.1 Å². The SMILES string of the molecule is COc1cccc(Cc2nc3ccccn3c2CCl)c1. The van der Waals surface area contributed by atoms with E-state index in [1.165, 1.54) is 5.56 Å². The van der Waals surface area contributed by atoms with E-state index in [0.29, 0.717) is 5.88 Å². The van der Waals surface area contributed by atoms with Crippen molar-refractivity contribution in [1.29, 1.82) is 0 Å². The Bertz CT molecular complexity index is 736. The van der Waals surface area contributed by atoms with Crippen LogP contribution in [0.4, 0.5) is 0 Å². The van der Waals surface area contributed by atoms with E-state index in [1.54, 1.807) is 7.11 Å². The van der Waals surface area contributed by atoms with Crippen molar-refractivity contribution in [3.05, 3.63) is 65.6 Å². The molecule has 0 aliphatic heterocycles. The van der Waals surface area contributed by atoms with Crippen LogP contribution in [0.25, 0.3) is 5.65 Å². The predicted octanol–water partition coefficient (Wildman–Crippen LogP) is 3.67. The lowest BCUT2D eigenvalue weighted by atomic mass is 10.1. The first-order valence-corrected chi connectivity index (χ1v) is 6.99. The first-order chi connectivity index (χ1) is 9.81. The van der Waals surface area contributed by atoms with Crippen molar-refractivity contribution in [3.8, 4) is 5.75 Å². The average molecular weight is 287 g/mol. The Hall–Kier alpha value is -2.00. The molecule has 0 unspecified atom stereocenters. The van der Waals surface area contributed by atoms with E-state index in [9.17, 15) is 0 Å². The number of nitrogens with zero attached hydrogens (tertiary/aromatic N) is 2. The minimum Gasteiger partial charge on any atom is -0.497 e. The summed E-state index contributed by atoms with van der Waals surface area (Å²) >= 11 is 6.09. The molecule has 2 heterocycles. The third-order valence-corrected chi connectivity index (χ3v) is 3.60. The number of rotatable bonds is 4. The lowest BCUT2D eigenvalue weighted by molar-refractivity contribution is 0.414. The number of hydrogen-bond acceptors (Lipinski definition) is 2. The Kier molecular flexibility index (Phi) is 3.61. The van der Waals surface area contributed by atoms with Gasteiger partial charge >= 0.3 is 0 Å². The maximum atomic E-state index is 6.09. The molecule has 0 amide bonds. The molecular weight excluding hydrogens is 272 g/mol. The van der Waals surface area contributed by atoms with Gasteiger partial charge in [0.1, 0.15) is 11.4 Å². The lowest BCUT2D eigenvalue weighted by Crippen LogP contribution is -1.96. The smallest absolute Gasteiger partial charge is 0.137 e. The summed E-state index contributed by atoms with van der Waals surface area (Å²) in [6.45, 7) is 0. The van der Waals surface area contributed by atoms with Crippen LogP contribution in [-0.2, 0) is 12.3 Å². The zero-order valence-electron chi connectivity index (χ0n) is 11.2. The quantitative estimate of drug-likeness (QED) is 0.684.